The third-order valence-electron chi connectivity index (χ3n) is 7.22. The van der Waals surface area contributed by atoms with Crippen molar-refractivity contribution in [3.63, 3.8) is 0 Å². The number of hydrogen-bond acceptors (Lipinski definition) is 7. The van der Waals surface area contributed by atoms with E-state index < -0.39 is 27.5 Å². The van der Waals surface area contributed by atoms with Gasteiger partial charge >= 0.3 is 0 Å². The number of hydrogen-bond donors (Lipinski definition) is 1. The average Bonchev–Trinajstić information content (AvgIpc) is 3.20. The molecule has 1 aromatic carbocycles. The minimum atomic E-state index is -3.28. The van der Waals surface area contributed by atoms with E-state index in [1.54, 1.807) is 17.2 Å². The van der Waals surface area contributed by atoms with Crippen LogP contribution in [0, 0.1) is 5.82 Å². The van der Waals surface area contributed by atoms with Crippen LogP contribution >= 0.6 is 23.2 Å². The molecule has 0 unspecified atom stereocenters. The summed E-state index contributed by atoms with van der Waals surface area (Å²) in [6.45, 7) is 3.17. The molecule has 2 fully saturated rings. The first-order chi connectivity index (χ1) is 18.1. The Morgan fingerprint density at radius 2 is 1.89 bits per heavy atom. The number of nitrogens with one attached hydrogen (secondary N) is 1. The molecular weight excluding hydrogens is 554 g/mol. The van der Waals surface area contributed by atoms with Gasteiger partial charge in [0.1, 0.15) is 17.5 Å². The average molecular weight is 577 g/mol. The molecule has 198 valence electrons. The van der Waals surface area contributed by atoms with Gasteiger partial charge in [-0.3, -0.25) is 10.1 Å². The van der Waals surface area contributed by atoms with E-state index in [1.165, 1.54) is 29.0 Å². The molecule has 13 heteroatoms. The largest absolute Gasteiger partial charge is 0.486 e. The lowest BCUT2D eigenvalue weighted by Gasteiger charge is -2.61. The van der Waals surface area contributed by atoms with E-state index in [4.69, 9.17) is 27.9 Å². The Bertz CT molecular complexity index is 1650. The number of sulfonamides is 1. The van der Waals surface area contributed by atoms with Gasteiger partial charge in [0.25, 0.3) is 0 Å². The number of fused-ring (bicyclic) bond motifs is 1. The van der Waals surface area contributed by atoms with Gasteiger partial charge in [-0.15, -0.1) is 0 Å². The lowest BCUT2D eigenvalue weighted by atomic mass is 9.80. The minimum absolute atomic E-state index is 0.198. The van der Waals surface area contributed by atoms with Crippen molar-refractivity contribution in [3.05, 3.63) is 64.3 Å². The van der Waals surface area contributed by atoms with Crippen LogP contribution in [0.1, 0.15) is 25.0 Å². The van der Waals surface area contributed by atoms with Crippen molar-refractivity contribution in [3.8, 4) is 17.0 Å². The first-order valence-corrected chi connectivity index (χ1v) is 14.5. The topological polar surface area (TPSA) is 104 Å². The van der Waals surface area contributed by atoms with Crippen LogP contribution in [0.4, 0.5) is 10.2 Å². The fourth-order valence-electron chi connectivity index (χ4n) is 5.32. The monoisotopic (exact) mass is 576 g/mol. The Morgan fingerprint density at radius 3 is 2.53 bits per heavy atom. The van der Waals surface area contributed by atoms with Crippen LogP contribution in [0.3, 0.4) is 0 Å². The summed E-state index contributed by atoms with van der Waals surface area (Å²) in [6.07, 6.45) is 6.12. The highest BCUT2D eigenvalue weighted by atomic mass is 35.5. The lowest BCUT2D eigenvalue weighted by molar-refractivity contribution is 0.0416. The molecule has 6 rings (SSSR count). The van der Waals surface area contributed by atoms with Crippen molar-refractivity contribution in [1.29, 1.82) is 0 Å². The van der Waals surface area contributed by atoms with Gasteiger partial charge in [-0.1, -0.05) is 23.2 Å². The van der Waals surface area contributed by atoms with E-state index in [0.29, 0.717) is 52.2 Å². The van der Waals surface area contributed by atoms with E-state index in [2.05, 4.69) is 20.2 Å². The zero-order chi connectivity index (χ0) is 26.8. The quantitative estimate of drug-likeness (QED) is 0.350. The Morgan fingerprint density at radius 1 is 1.16 bits per heavy atom. The Kier molecular flexibility index (Phi) is 6.02. The van der Waals surface area contributed by atoms with E-state index in [9.17, 15) is 8.42 Å². The van der Waals surface area contributed by atoms with Crippen molar-refractivity contribution in [2.24, 2.45) is 0 Å². The number of aromatic nitrogens is 4. The zero-order valence-corrected chi connectivity index (χ0v) is 22.8. The highest BCUT2D eigenvalue weighted by Crippen LogP contribution is 2.43. The number of pyridine rings is 2. The summed E-state index contributed by atoms with van der Waals surface area (Å²) in [4.78, 5) is 10.1. The maximum atomic E-state index is 15.2. The van der Waals surface area contributed by atoms with Crippen LogP contribution in [0.25, 0.3) is 22.2 Å². The van der Waals surface area contributed by atoms with Crippen LogP contribution in [0.5, 0.6) is 5.75 Å². The van der Waals surface area contributed by atoms with Crippen molar-refractivity contribution in [2.75, 3.05) is 30.8 Å². The summed E-state index contributed by atoms with van der Waals surface area (Å²) in [6, 6.07) is 6.83. The molecule has 0 radical (unpaired) electrons. The molecule has 1 spiro atoms. The van der Waals surface area contributed by atoms with E-state index >= 15 is 4.39 Å². The highest BCUT2D eigenvalue weighted by molar-refractivity contribution is 7.88. The van der Waals surface area contributed by atoms with Gasteiger partial charge in [0, 0.05) is 54.7 Å². The Labute approximate surface area is 228 Å². The van der Waals surface area contributed by atoms with Crippen LogP contribution < -0.4 is 9.64 Å². The molecule has 0 saturated carbocycles. The number of halogens is 3. The molecule has 0 amide bonds. The smallest absolute Gasteiger partial charge is 0.211 e. The van der Waals surface area contributed by atoms with Gasteiger partial charge in [-0.05, 0) is 37.6 Å². The molecule has 4 aromatic rings. The first-order valence-electron chi connectivity index (χ1n) is 11.9. The van der Waals surface area contributed by atoms with Gasteiger partial charge < -0.3 is 9.64 Å². The van der Waals surface area contributed by atoms with Gasteiger partial charge in [0.2, 0.25) is 10.0 Å². The highest BCUT2D eigenvalue weighted by Gasteiger charge is 2.57. The second-order valence-electron chi connectivity index (χ2n) is 9.75. The van der Waals surface area contributed by atoms with Crippen molar-refractivity contribution in [1.82, 2.24) is 24.5 Å². The molecule has 2 aliphatic rings. The van der Waals surface area contributed by atoms with Crippen molar-refractivity contribution in [2.45, 2.75) is 25.0 Å². The molecule has 0 aliphatic carbocycles. The number of H-pyrrole nitrogens is 1. The number of nitrogens with zero attached hydrogens (tertiary/aromatic N) is 5. The van der Waals surface area contributed by atoms with Gasteiger partial charge in [-0.2, -0.15) is 9.40 Å². The molecule has 3 aromatic heterocycles. The second-order valence-corrected chi connectivity index (χ2v) is 12.5. The molecule has 1 atom stereocenters. The molecule has 1 N–H and O–H groups in total. The molecule has 2 saturated heterocycles. The molecule has 9 nitrogen and oxygen atoms in total. The van der Waals surface area contributed by atoms with Crippen LogP contribution in [0.2, 0.25) is 10.0 Å². The fourth-order valence-corrected chi connectivity index (χ4v) is 7.32. The standard InChI is InChI=1S/C25H23Cl2FN6O3S/c1-14(22-18(26)10-29-11-19(22)27)37-16-3-4-21-17(8-16)23(32-31-21)15-7-20(28)24(30-9-15)33-12-25(13-33)5-6-34(25)38(2,35)36/h3-4,7-11,14H,5-6,12-13H2,1-2H3,(H,31,32)/t14-/m1/s1. The number of benzene rings is 1. The van der Waals surface area contributed by atoms with Gasteiger partial charge in [0.05, 0.1) is 27.4 Å². The summed E-state index contributed by atoms with van der Waals surface area (Å²) < 4.78 is 46.8. The number of ether oxygens (including phenoxy) is 1. The minimum Gasteiger partial charge on any atom is -0.486 e. The lowest BCUT2D eigenvalue weighted by Crippen LogP contribution is -2.78. The third kappa shape index (κ3) is 4.17. The number of aromatic amines is 1. The summed E-state index contributed by atoms with van der Waals surface area (Å²) in [5, 5.41) is 8.89. The second kappa shape index (κ2) is 9.04. The van der Waals surface area contributed by atoms with Crippen LogP contribution in [-0.2, 0) is 10.0 Å². The predicted octanol–water partition coefficient (Wildman–Crippen LogP) is 4.83. The molecule has 5 heterocycles. The summed E-state index contributed by atoms with van der Waals surface area (Å²) in [5.41, 5.74) is 1.96. The first kappa shape index (κ1) is 25.3. The van der Waals surface area contributed by atoms with Gasteiger partial charge in [0.15, 0.2) is 11.6 Å². The molecule has 0 bridgehead atoms. The number of anilines is 1. The van der Waals surface area contributed by atoms with E-state index in [0.717, 1.165) is 17.3 Å². The van der Waals surface area contributed by atoms with E-state index in [1.807, 2.05) is 19.1 Å². The molecule has 38 heavy (non-hydrogen) atoms. The predicted molar refractivity (Wildman–Crippen MR) is 144 cm³/mol. The number of rotatable bonds is 6. The van der Waals surface area contributed by atoms with Crippen LogP contribution in [-0.4, -0.2) is 64.3 Å². The maximum absolute atomic E-state index is 15.2. The van der Waals surface area contributed by atoms with Crippen molar-refractivity contribution < 1.29 is 17.5 Å². The maximum Gasteiger partial charge on any atom is 0.211 e. The van der Waals surface area contributed by atoms with Gasteiger partial charge in [-0.25, -0.2) is 17.8 Å². The van der Waals surface area contributed by atoms with Crippen molar-refractivity contribution >= 4 is 49.9 Å². The summed E-state index contributed by atoms with van der Waals surface area (Å²) >= 11 is 12.6. The Hall–Kier alpha value is -2.99. The normalized spacial score (nSPS) is 17.9. The summed E-state index contributed by atoms with van der Waals surface area (Å²) in [5.74, 6) is 0.258. The zero-order valence-electron chi connectivity index (χ0n) is 20.5. The summed E-state index contributed by atoms with van der Waals surface area (Å²) in [7, 11) is -3.28. The van der Waals surface area contributed by atoms with Crippen LogP contribution in [0.15, 0.2) is 42.9 Å². The SMILES string of the molecule is C[C@@H](Oc1ccc2[nH]nc(-c3cnc(N4CC5(CCN5S(C)(=O)=O)C4)c(F)c3)c2c1)c1c(Cl)cncc1Cl. The third-order valence-corrected chi connectivity index (χ3v) is 9.19. The Balaban J connectivity index is 1.24. The van der Waals surface area contributed by atoms with E-state index in [-0.39, 0.29) is 5.82 Å². The molecule has 2 aliphatic heterocycles. The fraction of sp³-hybridized carbons (Fsp3) is 0.320. The molecular formula is C25H23Cl2FN6O3S.